The lowest BCUT2D eigenvalue weighted by molar-refractivity contribution is 0.575. The average Bonchev–Trinajstić information content (AvgIpc) is 2.91. The van der Waals surface area contributed by atoms with Gasteiger partial charge in [0, 0.05) is 24.5 Å². The average molecular weight is 250 g/mol. The number of aromatic nitrogens is 2. The molecule has 2 heterocycles. The molecule has 2 aromatic rings. The van der Waals surface area contributed by atoms with Gasteiger partial charge >= 0.3 is 0 Å². The first kappa shape index (κ1) is 11.1. The highest BCUT2D eigenvalue weighted by atomic mass is 35.5. The summed E-state index contributed by atoms with van der Waals surface area (Å²) in [5.74, 6) is 1.14. The summed E-state index contributed by atoms with van der Waals surface area (Å²) in [5, 5.41) is 4.28. The maximum atomic E-state index is 6.02. The third kappa shape index (κ3) is 2.05. The smallest absolute Gasteiger partial charge is 0.111 e. The Bertz CT molecular complexity index is 541. The van der Waals surface area contributed by atoms with E-state index in [0.717, 1.165) is 34.8 Å². The van der Waals surface area contributed by atoms with E-state index < -0.39 is 0 Å². The maximum absolute atomic E-state index is 6.02. The zero-order valence-electron chi connectivity index (χ0n) is 9.91. The largest absolute Gasteiger partial charge is 0.331 e. The number of fused-ring (bicyclic) bond motifs is 1. The van der Waals surface area contributed by atoms with Crippen LogP contribution >= 0.6 is 11.6 Å². The van der Waals surface area contributed by atoms with Crippen LogP contribution in [0.2, 0.25) is 5.02 Å². The summed E-state index contributed by atoms with van der Waals surface area (Å²) in [4.78, 5) is 4.68. The molecule has 4 heteroatoms. The van der Waals surface area contributed by atoms with Gasteiger partial charge in [0.25, 0.3) is 0 Å². The van der Waals surface area contributed by atoms with Crippen LogP contribution in [0.4, 0.5) is 0 Å². The van der Waals surface area contributed by atoms with Crippen molar-refractivity contribution in [2.75, 3.05) is 6.54 Å². The Labute approximate surface area is 106 Å². The molecule has 1 saturated heterocycles. The SMILES string of the molecule is Cn1c(CC2CCCN2)nc2ccc(Cl)cc21. The van der Waals surface area contributed by atoms with Gasteiger partial charge in [0.1, 0.15) is 5.82 Å². The van der Waals surface area contributed by atoms with Crippen molar-refractivity contribution in [1.82, 2.24) is 14.9 Å². The lowest BCUT2D eigenvalue weighted by Gasteiger charge is -2.09. The van der Waals surface area contributed by atoms with Gasteiger partial charge in [-0.15, -0.1) is 0 Å². The van der Waals surface area contributed by atoms with E-state index in [0.29, 0.717) is 6.04 Å². The van der Waals surface area contributed by atoms with E-state index in [4.69, 9.17) is 11.6 Å². The molecular weight excluding hydrogens is 234 g/mol. The Morgan fingerprint density at radius 1 is 1.53 bits per heavy atom. The van der Waals surface area contributed by atoms with Gasteiger partial charge in [-0.3, -0.25) is 0 Å². The van der Waals surface area contributed by atoms with Crippen molar-refractivity contribution in [3.05, 3.63) is 29.0 Å². The van der Waals surface area contributed by atoms with Crippen LogP contribution in [0.15, 0.2) is 18.2 Å². The van der Waals surface area contributed by atoms with Crippen LogP contribution in [-0.2, 0) is 13.5 Å². The molecule has 1 unspecified atom stereocenters. The highest BCUT2D eigenvalue weighted by molar-refractivity contribution is 6.31. The summed E-state index contributed by atoms with van der Waals surface area (Å²) in [7, 11) is 2.07. The molecule has 1 aliphatic heterocycles. The molecule has 1 aromatic carbocycles. The van der Waals surface area contributed by atoms with E-state index in [1.54, 1.807) is 0 Å². The van der Waals surface area contributed by atoms with Crippen molar-refractivity contribution in [3.8, 4) is 0 Å². The number of rotatable bonds is 2. The molecule has 0 saturated carbocycles. The lowest BCUT2D eigenvalue weighted by atomic mass is 10.1. The molecule has 1 aromatic heterocycles. The van der Waals surface area contributed by atoms with Crippen LogP contribution in [0, 0.1) is 0 Å². The lowest BCUT2D eigenvalue weighted by Crippen LogP contribution is -2.25. The van der Waals surface area contributed by atoms with E-state index in [1.807, 2.05) is 18.2 Å². The summed E-state index contributed by atoms with van der Waals surface area (Å²) in [5.41, 5.74) is 2.15. The Kier molecular flexibility index (Phi) is 2.81. The number of benzene rings is 1. The van der Waals surface area contributed by atoms with Crippen LogP contribution in [0.1, 0.15) is 18.7 Å². The molecule has 0 radical (unpaired) electrons. The van der Waals surface area contributed by atoms with Crippen molar-refractivity contribution in [2.24, 2.45) is 7.05 Å². The predicted octanol–water partition coefficient (Wildman–Crippen LogP) is 2.52. The number of aryl methyl sites for hydroxylation is 1. The van der Waals surface area contributed by atoms with Crippen LogP contribution in [0.25, 0.3) is 11.0 Å². The zero-order chi connectivity index (χ0) is 11.8. The number of hydrogen-bond acceptors (Lipinski definition) is 2. The van der Waals surface area contributed by atoms with Gasteiger partial charge in [-0.1, -0.05) is 11.6 Å². The second kappa shape index (κ2) is 4.31. The van der Waals surface area contributed by atoms with Gasteiger partial charge in [-0.2, -0.15) is 0 Å². The monoisotopic (exact) mass is 249 g/mol. The highest BCUT2D eigenvalue weighted by Gasteiger charge is 2.17. The first-order valence-electron chi connectivity index (χ1n) is 6.08. The summed E-state index contributed by atoms with van der Waals surface area (Å²) in [6.07, 6.45) is 3.53. The Hall–Kier alpha value is -1.06. The number of hydrogen-bond donors (Lipinski definition) is 1. The van der Waals surface area contributed by atoms with Gasteiger partial charge in [0.15, 0.2) is 0 Å². The van der Waals surface area contributed by atoms with Gasteiger partial charge in [0.2, 0.25) is 0 Å². The molecule has 0 bridgehead atoms. The fourth-order valence-corrected chi connectivity index (χ4v) is 2.71. The fraction of sp³-hybridized carbons (Fsp3) is 0.462. The Balaban J connectivity index is 1.96. The molecule has 17 heavy (non-hydrogen) atoms. The van der Waals surface area contributed by atoms with Crippen molar-refractivity contribution >= 4 is 22.6 Å². The minimum absolute atomic E-state index is 0.584. The Morgan fingerprint density at radius 2 is 2.41 bits per heavy atom. The normalized spacial score (nSPS) is 20.2. The maximum Gasteiger partial charge on any atom is 0.111 e. The van der Waals surface area contributed by atoms with Crippen molar-refractivity contribution in [1.29, 1.82) is 0 Å². The number of nitrogens with zero attached hydrogens (tertiary/aromatic N) is 2. The molecule has 1 fully saturated rings. The summed E-state index contributed by atoms with van der Waals surface area (Å²) in [6, 6.07) is 6.45. The van der Waals surface area contributed by atoms with Crippen LogP contribution in [0.3, 0.4) is 0 Å². The number of halogens is 1. The molecule has 3 nitrogen and oxygen atoms in total. The molecule has 0 amide bonds. The van der Waals surface area contributed by atoms with Crippen LogP contribution < -0.4 is 5.32 Å². The second-order valence-electron chi connectivity index (χ2n) is 4.72. The summed E-state index contributed by atoms with van der Waals surface area (Å²) in [6.45, 7) is 1.14. The molecule has 0 spiro atoms. The molecule has 3 rings (SSSR count). The summed E-state index contributed by atoms with van der Waals surface area (Å²) < 4.78 is 2.15. The zero-order valence-corrected chi connectivity index (χ0v) is 10.7. The van der Waals surface area contributed by atoms with Gasteiger partial charge in [-0.05, 0) is 37.6 Å². The second-order valence-corrected chi connectivity index (χ2v) is 5.15. The first-order chi connectivity index (χ1) is 8.24. The van der Waals surface area contributed by atoms with Gasteiger partial charge in [0.05, 0.1) is 11.0 Å². The quantitative estimate of drug-likeness (QED) is 0.887. The van der Waals surface area contributed by atoms with E-state index in [1.165, 1.54) is 12.8 Å². The van der Waals surface area contributed by atoms with Crippen molar-refractivity contribution < 1.29 is 0 Å². The van der Waals surface area contributed by atoms with Crippen molar-refractivity contribution in [3.63, 3.8) is 0 Å². The molecular formula is C13H16ClN3. The van der Waals surface area contributed by atoms with Gasteiger partial charge in [-0.25, -0.2) is 4.98 Å². The molecule has 1 aliphatic rings. The highest BCUT2D eigenvalue weighted by Crippen LogP contribution is 2.21. The first-order valence-corrected chi connectivity index (χ1v) is 6.46. The number of nitrogens with one attached hydrogen (secondary N) is 1. The molecule has 1 atom stereocenters. The number of imidazole rings is 1. The van der Waals surface area contributed by atoms with E-state index in [9.17, 15) is 0 Å². The minimum Gasteiger partial charge on any atom is -0.331 e. The van der Waals surface area contributed by atoms with Crippen molar-refractivity contribution in [2.45, 2.75) is 25.3 Å². The van der Waals surface area contributed by atoms with E-state index in [2.05, 4.69) is 21.9 Å². The summed E-state index contributed by atoms with van der Waals surface area (Å²) >= 11 is 6.02. The topological polar surface area (TPSA) is 29.9 Å². The van der Waals surface area contributed by atoms with E-state index >= 15 is 0 Å². The standard InChI is InChI=1S/C13H16ClN3/c1-17-12-7-9(14)4-5-11(12)16-13(17)8-10-3-2-6-15-10/h4-5,7,10,15H,2-3,6,8H2,1H3. The van der Waals surface area contributed by atoms with E-state index in [-0.39, 0.29) is 0 Å². The molecule has 1 N–H and O–H groups in total. The van der Waals surface area contributed by atoms with Gasteiger partial charge < -0.3 is 9.88 Å². The fourth-order valence-electron chi connectivity index (χ4n) is 2.55. The third-order valence-electron chi connectivity index (χ3n) is 3.53. The van der Waals surface area contributed by atoms with Crippen LogP contribution in [-0.4, -0.2) is 22.1 Å². The predicted molar refractivity (Wildman–Crippen MR) is 70.5 cm³/mol. The molecule has 0 aliphatic carbocycles. The Morgan fingerprint density at radius 3 is 3.18 bits per heavy atom. The third-order valence-corrected chi connectivity index (χ3v) is 3.76. The molecule has 90 valence electrons. The van der Waals surface area contributed by atoms with Crippen LogP contribution in [0.5, 0.6) is 0 Å². The minimum atomic E-state index is 0.584.